The molecule has 0 fully saturated rings. The summed E-state index contributed by atoms with van der Waals surface area (Å²) >= 11 is 1.43. The fourth-order valence-electron chi connectivity index (χ4n) is 3.21. The van der Waals surface area contributed by atoms with Gasteiger partial charge in [0.1, 0.15) is 6.61 Å². The lowest BCUT2D eigenvalue weighted by Crippen LogP contribution is -2.28. The second kappa shape index (κ2) is 10.8. The van der Waals surface area contributed by atoms with E-state index < -0.39 is 0 Å². The summed E-state index contributed by atoms with van der Waals surface area (Å²) in [5.74, 6) is 1.13. The Kier molecular flexibility index (Phi) is 7.88. The number of nitrogens with zero attached hydrogens (tertiary/aromatic N) is 1. The molecule has 1 heterocycles. The zero-order chi connectivity index (χ0) is 21.3. The van der Waals surface area contributed by atoms with Crippen molar-refractivity contribution < 1.29 is 14.3 Å². The number of benzene rings is 2. The Hall–Kier alpha value is -2.83. The van der Waals surface area contributed by atoms with Gasteiger partial charge in [0, 0.05) is 23.9 Å². The zero-order valence-electron chi connectivity index (χ0n) is 17.7. The molecule has 30 heavy (non-hydrogen) atoms. The number of hydrogen-bond acceptors (Lipinski definition) is 5. The average molecular weight is 425 g/mol. The summed E-state index contributed by atoms with van der Waals surface area (Å²) in [4.78, 5) is 15.9. The molecule has 0 bridgehead atoms. The molecule has 1 amide bonds. The maximum Gasteiger partial charge on any atom is 0.266 e. The van der Waals surface area contributed by atoms with Gasteiger partial charge in [-0.25, -0.2) is 0 Å². The van der Waals surface area contributed by atoms with Crippen molar-refractivity contribution in [2.45, 2.75) is 13.8 Å². The third-order valence-corrected chi connectivity index (χ3v) is 5.85. The molecule has 2 aromatic carbocycles. The molecule has 0 aliphatic heterocycles. The zero-order valence-corrected chi connectivity index (χ0v) is 18.5. The van der Waals surface area contributed by atoms with E-state index in [-0.39, 0.29) is 5.91 Å². The first-order chi connectivity index (χ1) is 14.7. The van der Waals surface area contributed by atoms with Crippen LogP contribution in [0, 0.1) is 0 Å². The molecule has 0 saturated heterocycles. The van der Waals surface area contributed by atoms with E-state index in [4.69, 9.17) is 9.47 Å². The van der Waals surface area contributed by atoms with Gasteiger partial charge in [-0.2, -0.15) is 0 Å². The molecule has 0 aliphatic rings. The van der Waals surface area contributed by atoms with Crippen LogP contribution in [-0.2, 0) is 0 Å². The molecule has 0 radical (unpaired) electrons. The third-order valence-electron chi connectivity index (χ3n) is 4.94. The van der Waals surface area contributed by atoms with Gasteiger partial charge >= 0.3 is 0 Å². The largest absolute Gasteiger partial charge is 0.493 e. The fourth-order valence-corrected chi connectivity index (χ4v) is 4.02. The topological polar surface area (TPSA) is 50.8 Å². The van der Waals surface area contributed by atoms with Crippen LogP contribution in [0.15, 0.2) is 60.0 Å². The molecule has 3 aromatic rings. The Morgan fingerprint density at radius 1 is 1.03 bits per heavy atom. The summed E-state index contributed by atoms with van der Waals surface area (Å²) in [6, 6.07) is 17.4. The molecule has 5 nitrogen and oxygen atoms in total. The van der Waals surface area contributed by atoms with Gasteiger partial charge in [0.15, 0.2) is 11.5 Å². The van der Waals surface area contributed by atoms with Gasteiger partial charge in [-0.05, 0) is 42.2 Å². The lowest BCUT2D eigenvalue weighted by molar-refractivity contribution is 0.103. The van der Waals surface area contributed by atoms with Crippen LogP contribution in [0.3, 0.4) is 0 Å². The Balaban J connectivity index is 1.73. The number of likely N-dealkylation sites (N-methyl/N-ethyl adjacent to an activating group) is 1. The van der Waals surface area contributed by atoms with Crippen molar-refractivity contribution in [3.05, 3.63) is 64.9 Å². The van der Waals surface area contributed by atoms with Crippen molar-refractivity contribution in [1.82, 2.24) is 4.90 Å². The van der Waals surface area contributed by atoms with Gasteiger partial charge in [-0.3, -0.25) is 4.79 Å². The summed E-state index contributed by atoms with van der Waals surface area (Å²) in [6.07, 6.45) is 0. The number of anilines is 1. The summed E-state index contributed by atoms with van der Waals surface area (Å²) < 4.78 is 11.4. The lowest BCUT2D eigenvalue weighted by atomic mass is 10.1. The predicted molar refractivity (Wildman–Crippen MR) is 124 cm³/mol. The highest BCUT2D eigenvalue weighted by Gasteiger charge is 2.16. The summed E-state index contributed by atoms with van der Waals surface area (Å²) in [5.41, 5.74) is 2.63. The van der Waals surface area contributed by atoms with Crippen LogP contribution in [0.2, 0.25) is 0 Å². The van der Waals surface area contributed by atoms with Crippen LogP contribution >= 0.6 is 11.3 Å². The summed E-state index contributed by atoms with van der Waals surface area (Å²) in [6.45, 7) is 7.62. The molecule has 0 saturated carbocycles. The number of carbonyl (C=O) groups excluding carboxylic acids is 1. The quantitative estimate of drug-likeness (QED) is 0.474. The highest BCUT2D eigenvalue weighted by Crippen LogP contribution is 2.32. The van der Waals surface area contributed by atoms with E-state index in [1.54, 1.807) is 7.11 Å². The van der Waals surface area contributed by atoms with E-state index in [0.717, 1.165) is 30.8 Å². The number of nitrogens with one attached hydrogen (secondary N) is 1. The summed E-state index contributed by atoms with van der Waals surface area (Å²) in [7, 11) is 1.61. The fraction of sp³-hybridized carbons (Fsp3) is 0.292. The van der Waals surface area contributed by atoms with Gasteiger partial charge in [0.05, 0.1) is 12.0 Å². The lowest BCUT2D eigenvalue weighted by Gasteiger charge is -2.19. The number of thiophene rings is 1. The molecular formula is C24H28N2O3S. The molecule has 1 aromatic heterocycles. The van der Waals surface area contributed by atoms with Crippen molar-refractivity contribution in [1.29, 1.82) is 0 Å². The molecule has 0 unspecified atom stereocenters. The first-order valence-corrected chi connectivity index (χ1v) is 11.0. The maximum atomic E-state index is 12.9. The van der Waals surface area contributed by atoms with Gasteiger partial charge in [0.2, 0.25) is 0 Å². The molecule has 0 aliphatic carbocycles. The van der Waals surface area contributed by atoms with Gasteiger partial charge in [-0.1, -0.05) is 44.2 Å². The molecule has 1 N–H and O–H groups in total. The minimum atomic E-state index is -0.136. The number of amides is 1. The first kappa shape index (κ1) is 21.9. The molecule has 0 spiro atoms. The Bertz CT molecular complexity index is 952. The van der Waals surface area contributed by atoms with Gasteiger partial charge in [-0.15, -0.1) is 11.3 Å². The summed E-state index contributed by atoms with van der Waals surface area (Å²) in [5, 5.41) is 4.93. The van der Waals surface area contributed by atoms with Crippen molar-refractivity contribution >= 4 is 22.9 Å². The highest BCUT2D eigenvalue weighted by atomic mass is 32.1. The molecule has 3 rings (SSSR count). The van der Waals surface area contributed by atoms with Crippen LogP contribution in [0.25, 0.3) is 11.1 Å². The SMILES string of the molecule is CCN(CC)CCOc1cc(NC(=O)c2sccc2-c2ccccc2)ccc1OC. The van der Waals surface area contributed by atoms with Crippen LogP contribution in [0.4, 0.5) is 5.69 Å². The Labute approximate surface area is 182 Å². The number of methoxy groups -OCH3 is 1. The Morgan fingerprint density at radius 3 is 2.50 bits per heavy atom. The number of ether oxygens (including phenoxy) is 2. The maximum absolute atomic E-state index is 12.9. The third kappa shape index (κ3) is 5.40. The van der Waals surface area contributed by atoms with Crippen LogP contribution in [-0.4, -0.2) is 44.2 Å². The van der Waals surface area contributed by atoms with E-state index in [2.05, 4.69) is 24.1 Å². The van der Waals surface area contributed by atoms with Crippen molar-refractivity contribution in [2.24, 2.45) is 0 Å². The van der Waals surface area contributed by atoms with Crippen LogP contribution in [0.5, 0.6) is 11.5 Å². The second-order valence-corrected chi connectivity index (χ2v) is 7.64. The standard InChI is InChI=1S/C24H28N2O3S/c1-4-26(5-2)14-15-29-22-17-19(11-12-21(22)28-3)25-24(27)23-20(13-16-30-23)18-9-7-6-8-10-18/h6-13,16-17H,4-5,14-15H2,1-3H3,(H,25,27). The van der Waals surface area contributed by atoms with E-state index in [0.29, 0.717) is 28.7 Å². The number of rotatable bonds is 10. The average Bonchev–Trinajstić information content (AvgIpc) is 3.28. The number of hydrogen-bond donors (Lipinski definition) is 1. The van der Waals surface area contributed by atoms with Crippen LogP contribution in [0.1, 0.15) is 23.5 Å². The normalized spacial score (nSPS) is 10.8. The predicted octanol–water partition coefficient (Wildman–Crippen LogP) is 5.40. The molecule has 6 heteroatoms. The number of carbonyl (C=O) groups is 1. The first-order valence-electron chi connectivity index (χ1n) is 10.1. The minimum Gasteiger partial charge on any atom is -0.493 e. The van der Waals surface area contributed by atoms with E-state index in [1.807, 2.05) is 60.0 Å². The Morgan fingerprint density at radius 2 is 1.80 bits per heavy atom. The van der Waals surface area contributed by atoms with Gasteiger partial charge < -0.3 is 19.7 Å². The van der Waals surface area contributed by atoms with Gasteiger partial charge in [0.25, 0.3) is 5.91 Å². The minimum absolute atomic E-state index is 0.136. The highest BCUT2D eigenvalue weighted by molar-refractivity contribution is 7.12. The monoisotopic (exact) mass is 424 g/mol. The van der Waals surface area contributed by atoms with Crippen molar-refractivity contribution in [3.8, 4) is 22.6 Å². The second-order valence-electron chi connectivity index (χ2n) is 6.72. The van der Waals surface area contributed by atoms with E-state index >= 15 is 0 Å². The smallest absolute Gasteiger partial charge is 0.266 e. The van der Waals surface area contributed by atoms with Crippen LogP contribution < -0.4 is 14.8 Å². The van der Waals surface area contributed by atoms with E-state index in [1.165, 1.54) is 11.3 Å². The van der Waals surface area contributed by atoms with Crippen molar-refractivity contribution in [3.63, 3.8) is 0 Å². The molecular weight excluding hydrogens is 396 g/mol. The van der Waals surface area contributed by atoms with E-state index in [9.17, 15) is 4.79 Å². The molecule has 0 atom stereocenters. The molecule has 158 valence electrons. The van der Waals surface area contributed by atoms with Crippen molar-refractivity contribution in [2.75, 3.05) is 38.7 Å².